The monoisotopic (exact) mass is 342 g/mol. The number of rotatable bonds is 14. The molecule has 3 unspecified atom stereocenters. The highest BCUT2D eigenvalue weighted by atomic mass is 16.5. The minimum absolute atomic E-state index is 0.173. The third-order valence-corrected chi connectivity index (χ3v) is 3.81. The molecule has 0 amide bonds. The zero-order valence-electron chi connectivity index (χ0n) is 15.1. The Morgan fingerprint density at radius 2 is 1.67 bits per heavy atom. The second-order valence-electron chi connectivity index (χ2n) is 6.01. The van der Waals surface area contributed by atoms with Crippen LogP contribution < -0.4 is 0 Å². The number of ether oxygens (including phenoxy) is 1. The summed E-state index contributed by atoms with van der Waals surface area (Å²) in [5.74, 6) is -0.173. The molecule has 0 aromatic carbocycles. The van der Waals surface area contributed by atoms with Crippen LogP contribution in [0.15, 0.2) is 24.3 Å². The SMILES string of the molecule is CCC=CCC(O)C=CC(O)C(O)CCCCCCCC(=O)OC. The van der Waals surface area contributed by atoms with Crippen molar-refractivity contribution in [2.24, 2.45) is 0 Å². The van der Waals surface area contributed by atoms with E-state index in [4.69, 9.17) is 0 Å². The van der Waals surface area contributed by atoms with Crippen LogP contribution >= 0.6 is 0 Å². The molecule has 0 spiro atoms. The number of aliphatic hydroxyl groups excluding tert-OH is 3. The molecule has 0 radical (unpaired) electrons. The second kappa shape index (κ2) is 15.4. The maximum atomic E-state index is 10.9. The molecule has 3 N–H and O–H groups in total. The molecular formula is C19H34O5. The molecule has 0 bridgehead atoms. The number of methoxy groups -OCH3 is 1. The van der Waals surface area contributed by atoms with Gasteiger partial charge in [0.2, 0.25) is 0 Å². The normalized spacial score (nSPS) is 15.7. The number of aliphatic hydroxyl groups is 3. The van der Waals surface area contributed by atoms with Gasteiger partial charge in [0, 0.05) is 6.42 Å². The van der Waals surface area contributed by atoms with Crippen molar-refractivity contribution >= 4 is 5.97 Å². The average molecular weight is 342 g/mol. The number of esters is 1. The van der Waals surface area contributed by atoms with E-state index < -0.39 is 18.3 Å². The van der Waals surface area contributed by atoms with Gasteiger partial charge >= 0.3 is 5.97 Å². The van der Waals surface area contributed by atoms with Crippen LogP contribution in [0.25, 0.3) is 0 Å². The van der Waals surface area contributed by atoms with E-state index in [-0.39, 0.29) is 5.97 Å². The van der Waals surface area contributed by atoms with Crippen molar-refractivity contribution in [2.75, 3.05) is 7.11 Å². The Morgan fingerprint density at radius 3 is 2.33 bits per heavy atom. The van der Waals surface area contributed by atoms with Crippen LogP contribution in [0.5, 0.6) is 0 Å². The summed E-state index contributed by atoms with van der Waals surface area (Å²) >= 11 is 0. The molecule has 24 heavy (non-hydrogen) atoms. The fourth-order valence-corrected chi connectivity index (χ4v) is 2.28. The first kappa shape index (κ1) is 22.8. The fraction of sp³-hybridized carbons (Fsp3) is 0.737. The Hall–Kier alpha value is -1.17. The number of hydrogen-bond acceptors (Lipinski definition) is 5. The minimum atomic E-state index is -0.950. The van der Waals surface area contributed by atoms with Crippen molar-refractivity contribution < 1.29 is 24.9 Å². The Balaban J connectivity index is 3.73. The maximum Gasteiger partial charge on any atom is 0.305 e. The van der Waals surface area contributed by atoms with E-state index >= 15 is 0 Å². The summed E-state index contributed by atoms with van der Waals surface area (Å²) in [5.41, 5.74) is 0. The molecule has 0 rings (SSSR count). The minimum Gasteiger partial charge on any atom is -0.469 e. The Kier molecular flexibility index (Phi) is 14.6. The molecule has 5 nitrogen and oxygen atoms in total. The van der Waals surface area contributed by atoms with Gasteiger partial charge < -0.3 is 20.1 Å². The number of carbonyl (C=O) groups excluding carboxylic acids is 1. The van der Waals surface area contributed by atoms with Gasteiger partial charge in [0.05, 0.1) is 25.4 Å². The summed E-state index contributed by atoms with van der Waals surface area (Å²) in [6.45, 7) is 2.03. The molecule has 0 aliphatic rings. The largest absolute Gasteiger partial charge is 0.469 e. The van der Waals surface area contributed by atoms with Gasteiger partial charge in [0.25, 0.3) is 0 Å². The van der Waals surface area contributed by atoms with Gasteiger partial charge in [0.15, 0.2) is 0 Å². The molecule has 3 atom stereocenters. The number of carbonyl (C=O) groups is 1. The van der Waals surface area contributed by atoms with E-state index in [0.29, 0.717) is 19.3 Å². The van der Waals surface area contributed by atoms with Crippen LogP contribution in [0.1, 0.15) is 64.7 Å². The number of unbranched alkanes of at least 4 members (excludes halogenated alkanes) is 4. The Labute approximate surface area is 146 Å². The van der Waals surface area contributed by atoms with Gasteiger partial charge in [-0.15, -0.1) is 0 Å². The highest BCUT2D eigenvalue weighted by Gasteiger charge is 2.13. The van der Waals surface area contributed by atoms with Crippen LogP contribution in [-0.4, -0.2) is 46.7 Å². The maximum absolute atomic E-state index is 10.9. The smallest absolute Gasteiger partial charge is 0.305 e. The van der Waals surface area contributed by atoms with Crippen LogP contribution in [0.4, 0.5) is 0 Å². The standard InChI is InChI=1S/C19H34O5/c1-3-4-8-11-16(20)14-15-18(22)17(21)12-9-6-5-7-10-13-19(23)24-2/h4,8,14-18,20-22H,3,5-7,9-13H2,1-2H3. The molecule has 0 saturated heterocycles. The zero-order valence-corrected chi connectivity index (χ0v) is 15.1. The quantitative estimate of drug-likeness (QED) is 0.257. The van der Waals surface area contributed by atoms with E-state index in [1.54, 1.807) is 0 Å². The Morgan fingerprint density at radius 1 is 1.00 bits per heavy atom. The summed E-state index contributed by atoms with van der Waals surface area (Å²) in [6, 6.07) is 0. The zero-order chi connectivity index (χ0) is 18.2. The molecule has 0 aliphatic carbocycles. The van der Waals surface area contributed by atoms with Crippen molar-refractivity contribution in [2.45, 2.75) is 83.0 Å². The van der Waals surface area contributed by atoms with E-state index in [0.717, 1.165) is 38.5 Å². The van der Waals surface area contributed by atoms with E-state index in [1.165, 1.54) is 19.3 Å². The lowest BCUT2D eigenvalue weighted by atomic mass is 10.0. The van der Waals surface area contributed by atoms with E-state index in [1.807, 2.05) is 19.1 Å². The lowest BCUT2D eigenvalue weighted by Crippen LogP contribution is -2.24. The van der Waals surface area contributed by atoms with Crippen LogP contribution in [0.2, 0.25) is 0 Å². The summed E-state index contributed by atoms with van der Waals surface area (Å²) in [5, 5.41) is 29.4. The molecule has 0 heterocycles. The summed E-state index contributed by atoms with van der Waals surface area (Å²) < 4.78 is 4.58. The number of hydrogen-bond donors (Lipinski definition) is 3. The van der Waals surface area contributed by atoms with Gasteiger partial charge in [-0.1, -0.05) is 56.9 Å². The van der Waals surface area contributed by atoms with E-state index in [2.05, 4.69) is 4.74 Å². The topological polar surface area (TPSA) is 87.0 Å². The first-order valence-corrected chi connectivity index (χ1v) is 8.95. The van der Waals surface area contributed by atoms with E-state index in [9.17, 15) is 20.1 Å². The first-order valence-electron chi connectivity index (χ1n) is 8.95. The van der Waals surface area contributed by atoms with Gasteiger partial charge in [-0.25, -0.2) is 0 Å². The second-order valence-corrected chi connectivity index (χ2v) is 6.01. The van der Waals surface area contributed by atoms with Crippen molar-refractivity contribution in [1.29, 1.82) is 0 Å². The molecule has 0 aromatic heterocycles. The fourth-order valence-electron chi connectivity index (χ4n) is 2.28. The predicted molar refractivity (Wildman–Crippen MR) is 95.5 cm³/mol. The highest BCUT2D eigenvalue weighted by molar-refractivity contribution is 5.68. The third kappa shape index (κ3) is 13.3. The summed E-state index contributed by atoms with van der Waals surface area (Å²) in [6.07, 6.45) is 11.5. The molecule has 0 fully saturated rings. The summed E-state index contributed by atoms with van der Waals surface area (Å²) in [7, 11) is 1.39. The van der Waals surface area contributed by atoms with Gasteiger partial charge in [-0.2, -0.15) is 0 Å². The van der Waals surface area contributed by atoms with Crippen LogP contribution in [-0.2, 0) is 9.53 Å². The van der Waals surface area contributed by atoms with Crippen molar-refractivity contribution in [1.82, 2.24) is 0 Å². The Bertz CT molecular complexity index is 365. The van der Waals surface area contributed by atoms with Crippen molar-refractivity contribution in [3.8, 4) is 0 Å². The molecule has 0 aliphatic heterocycles. The van der Waals surface area contributed by atoms with Crippen molar-refractivity contribution in [3.05, 3.63) is 24.3 Å². The number of allylic oxidation sites excluding steroid dienone is 1. The third-order valence-electron chi connectivity index (χ3n) is 3.81. The lowest BCUT2D eigenvalue weighted by Gasteiger charge is -2.14. The molecular weight excluding hydrogens is 308 g/mol. The van der Waals surface area contributed by atoms with Gasteiger partial charge in [-0.3, -0.25) is 4.79 Å². The molecule has 0 aromatic rings. The van der Waals surface area contributed by atoms with Gasteiger partial charge in [0.1, 0.15) is 0 Å². The average Bonchev–Trinajstić information content (AvgIpc) is 2.58. The first-order chi connectivity index (χ1) is 11.5. The lowest BCUT2D eigenvalue weighted by molar-refractivity contribution is -0.140. The predicted octanol–water partition coefficient (Wildman–Crippen LogP) is 2.89. The van der Waals surface area contributed by atoms with Crippen LogP contribution in [0, 0.1) is 0 Å². The molecule has 5 heteroatoms. The van der Waals surface area contributed by atoms with Gasteiger partial charge in [-0.05, 0) is 25.7 Å². The molecule has 0 saturated carbocycles. The highest BCUT2D eigenvalue weighted by Crippen LogP contribution is 2.12. The van der Waals surface area contributed by atoms with Crippen LogP contribution in [0.3, 0.4) is 0 Å². The molecule has 140 valence electrons. The van der Waals surface area contributed by atoms with Crippen molar-refractivity contribution in [3.63, 3.8) is 0 Å². The summed E-state index contributed by atoms with van der Waals surface area (Å²) in [4.78, 5) is 10.9.